The summed E-state index contributed by atoms with van der Waals surface area (Å²) in [6.07, 6.45) is 1.64. The largest absolute Gasteiger partial charge is 0.370 e. The molecule has 3 rings (SSSR count). The molecule has 0 spiro atoms. The Balaban J connectivity index is 1.81. The summed E-state index contributed by atoms with van der Waals surface area (Å²) >= 11 is 5.93. The second-order valence-electron chi connectivity index (χ2n) is 5.28. The number of halogens is 4. The molecule has 0 radical (unpaired) electrons. The van der Waals surface area contributed by atoms with Gasteiger partial charge in [-0.2, -0.15) is 5.10 Å². The molecule has 5 nitrogen and oxygen atoms in total. The smallest absolute Gasteiger partial charge is 0.193 e. The number of alkyl halides is 1. The number of fused-ring (bicyclic) bond motifs is 1. The van der Waals surface area contributed by atoms with Crippen LogP contribution in [0.5, 0.6) is 0 Å². The third-order valence-electron chi connectivity index (χ3n) is 3.58. The third kappa shape index (κ3) is 3.69. The van der Waals surface area contributed by atoms with Crippen LogP contribution in [0.1, 0.15) is 11.1 Å². The van der Waals surface area contributed by atoms with Gasteiger partial charge in [0.2, 0.25) is 0 Å². The van der Waals surface area contributed by atoms with Gasteiger partial charge in [0.15, 0.2) is 17.6 Å². The molecule has 1 aromatic heterocycles. The molecule has 2 aromatic carbocycles. The highest BCUT2D eigenvalue weighted by atomic mass is 35.5. The van der Waals surface area contributed by atoms with E-state index in [1.807, 2.05) is 6.07 Å². The van der Waals surface area contributed by atoms with Crippen LogP contribution in [0.25, 0.3) is 10.9 Å². The van der Waals surface area contributed by atoms with Crippen LogP contribution in [-0.4, -0.2) is 16.2 Å². The number of nitrogens with zero attached hydrogens (tertiary/aromatic N) is 2. The Kier molecular flexibility index (Phi) is 4.80. The van der Waals surface area contributed by atoms with Crippen molar-refractivity contribution in [3.05, 3.63) is 59.0 Å². The standard InChI is InChI=1S/C16H13ClF3N5/c17-5-8-2-15-10(7-23-25-15)3-14(8)24-16(21)22-6-9-1-12(19)13(20)4-11(9)18/h1-4,7H,5-6H2,(H,23,25)(H3,21,22,24). The minimum absolute atomic E-state index is 0.0154. The lowest BCUT2D eigenvalue weighted by atomic mass is 10.1. The first kappa shape index (κ1) is 17.1. The van der Waals surface area contributed by atoms with E-state index in [1.165, 1.54) is 0 Å². The Labute approximate surface area is 145 Å². The van der Waals surface area contributed by atoms with E-state index in [-0.39, 0.29) is 23.9 Å². The third-order valence-corrected chi connectivity index (χ3v) is 3.87. The van der Waals surface area contributed by atoms with Crippen molar-refractivity contribution in [2.24, 2.45) is 10.7 Å². The van der Waals surface area contributed by atoms with Crippen molar-refractivity contribution in [2.75, 3.05) is 5.32 Å². The van der Waals surface area contributed by atoms with Gasteiger partial charge in [-0.05, 0) is 23.8 Å². The number of aromatic amines is 1. The van der Waals surface area contributed by atoms with Crippen LogP contribution in [0.15, 0.2) is 35.5 Å². The van der Waals surface area contributed by atoms with E-state index in [1.54, 1.807) is 12.3 Å². The lowest BCUT2D eigenvalue weighted by molar-refractivity contribution is 0.490. The SMILES string of the molecule is NC(=NCc1cc(F)c(F)cc1F)Nc1cc2cn[nH]c2cc1CCl. The summed E-state index contributed by atoms with van der Waals surface area (Å²) in [6, 6.07) is 4.84. The molecule has 0 aliphatic heterocycles. The predicted octanol–water partition coefficient (Wildman–Crippen LogP) is 3.65. The molecule has 3 aromatic rings. The second-order valence-corrected chi connectivity index (χ2v) is 5.55. The summed E-state index contributed by atoms with van der Waals surface area (Å²) in [5.41, 5.74) is 7.89. The number of nitrogens with one attached hydrogen (secondary N) is 2. The van der Waals surface area contributed by atoms with E-state index < -0.39 is 17.5 Å². The van der Waals surface area contributed by atoms with E-state index in [0.717, 1.165) is 22.5 Å². The van der Waals surface area contributed by atoms with E-state index in [9.17, 15) is 13.2 Å². The summed E-state index contributed by atoms with van der Waals surface area (Å²) < 4.78 is 39.7. The van der Waals surface area contributed by atoms with E-state index in [2.05, 4.69) is 20.5 Å². The molecule has 9 heteroatoms. The molecule has 0 aliphatic rings. The number of aliphatic imine (C=N–C) groups is 1. The number of guanidine groups is 1. The fourth-order valence-electron chi connectivity index (χ4n) is 2.30. The predicted molar refractivity (Wildman–Crippen MR) is 90.9 cm³/mol. The van der Waals surface area contributed by atoms with Crippen molar-refractivity contribution in [3.8, 4) is 0 Å². The van der Waals surface area contributed by atoms with Crippen molar-refractivity contribution in [3.63, 3.8) is 0 Å². The first-order chi connectivity index (χ1) is 12.0. The molecule has 0 fully saturated rings. The maximum atomic E-state index is 13.6. The molecule has 0 bridgehead atoms. The van der Waals surface area contributed by atoms with Gasteiger partial charge in [0.05, 0.1) is 18.3 Å². The molecule has 1 heterocycles. The van der Waals surface area contributed by atoms with Crippen LogP contribution in [-0.2, 0) is 12.4 Å². The van der Waals surface area contributed by atoms with Gasteiger partial charge in [-0.25, -0.2) is 18.2 Å². The zero-order valence-electron chi connectivity index (χ0n) is 12.8. The molecule has 130 valence electrons. The Morgan fingerprint density at radius 1 is 1.12 bits per heavy atom. The van der Waals surface area contributed by atoms with Gasteiger partial charge in [0, 0.05) is 28.6 Å². The highest BCUT2D eigenvalue weighted by Crippen LogP contribution is 2.24. The van der Waals surface area contributed by atoms with Crippen LogP contribution in [0.3, 0.4) is 0 Å². The highest BCUT2D eigenvalue weighted by Gasteiger charge is 2.10. The van der Waals surface area contributed by atoms with Crippen LogP contribution in [0.2, 0.25) is 0 Å². The van der Waals surface area contributed by atoms with Crippen LogP contribution < -0.4 is 11.1 Å². The first-order valence-corrected chi connectivity index (χ1v) is 7.73. The molecule has 4 N–H and O–H groups in total. The van der Waals surface area contributed by atoms with Gasteiger partial charge >= 0.3 is 0 Å². The van der Waals surface area contributed by atoms with E-state index in [0.29, 0.717) is 11.8 Å². The molecule has 0 atom stereocenters. The second kappa shape index (κ2) is 7.02. The molecular formula is C16H13ClF3N5. The summed E-state index contributed by atoms with van der Waals surface area (Å²) in [4.78, 5) is 3.95. The topological polar surface area (TPSA) is 79.1 Å². The Morgan fingerprint density at radius 3 is 2.64 bits per heavy atom. The van der Waals surface area contributed by atoms with Gasteiger partial charge < -0.3 is 11.1 Å². The number of hydrogen-bond donors (Lipinski definition) is 3. The molecule has 0 unspecified atom stereocenters. The lowest BCUT2D eigenvalue weighted by Gasteiger charge is -2.10. The number of benzene rings is 2. The van der Waals surface area contributed by atoms with Crippen molar-refractivity contribution >= 4 is 34.2 Å². The van der Waals surface area contributed by atoms with E-state index in [4.69, 9.17) is 17.3 Å². The maximum absolute atomic E-state index is 13.6. The zero-order chi connectivity index (χ0) is 18.0. The number of nitrogens with two attached hydrogens (primary N) is 1. The highest BCUT2D eigenvalue weighted by molar-refractivity contribution is 6.18. The minimum atomic E-state index is -1.25. The maximum Gasteiger partial charge on any atom is 0.193 e. The van der Waals surface area contributed by atoms with Crippen LogP contribution >= 0.6 is 11.6 Å². The lowest BCUT2D eigenvalue weighted by Crippen LogP contribution is -2.23. The van der Waals surface area contributed by atoms with E-state index >= 15 is 0 Å². The van der Waals surface area contributed by atoms with Gasteiger partial charge in [0.1, 0.15) is 5.82 Å². The van der Waals surface area contributed by atoms with Crippen LogP contribution in [0, 0.1) is 17.5 Å². The average molecular weight is 368 g/mol. The monoisotopic (exact) mass is 367 g/mol. The average Bonchev–Trinajstić information content (AvgIpc) is 3.03. The Hall–Kier alpha value is -2.74. The number of H-pyrrole nitrogens is 1. The molecule has 0 amide bonds. The number of hydrogen-bond acceptors (Lipinski definition) is 2. The summed E-state index contributed by atoms with van der Waals surface area (Å²) in [7, 11) is 0. The van der Waals surface area contributed by atoms with Crippen molar-refractivity contribution in [2.45, 2.75) is 12.4 Å². The molecule has 0 saturated carbocycles. The van der Waals surface area contributed by atoms with Crippen molar-refractivity contribution in [1.29, 1.82) is 0 Å². The van der Waals surface area contributed by atoms with Gasteiger partial charge in [-0.1, -0.05) is 0 Å². The fourth-order valence-corrected chi connectivity index (χ4v) is 2.52. The number of rotatable bonds is 4. The molecule has 0 saturated heterocycles. The van der Waals surface area contributed by atoms with Crippen molar-refractivity contribution in [1.82, 2.24) is 10.2 Å². The fraction of sp³-hybridized carbons (Fsp3) is 0.125. The van der Waals surface area contributed by atoms with Gasteiger partial charge in [-0.15, -0.1) is 11.6 Å². The zero-order valence-corrected chi connectivity index (χ0v) is 13.5. The minimum Gasteiger partial charge on any atom is -0.370 e. The Bertz CT molecular complexity index is 954. The molecule has 25 heavy (non-hydrogen) atoms. The number of anilines is 1. The normalized spacial score (nSPS) is 11.9. The molecular weight excluding hydrogens is 355 g/mol. The van der Waals surface area contributed by atoms with Crippen LogP contribution in [0.4, 0.5) is 18.9 Å². The molecule has 0 aliphatic carbocycles. The Morgan fingerprint density at radius 2 is 1.88 bits per heavy atom. The summed E-state index contributed by atoms with van der Waals surface area (Å²) in [6.45, 7) is -0.244. The van der Waals surface area contributed by atoms with Gasteiger partial charge in [0.25, 0.3) is 0 Å². The van der Waals surface area contributed by atoms with Gasteiger partial charge in [-0.3, -0.25) is 5.10 Å². The number of aromatic nitrogens is 2. The quantitative estimate of drug-likeness (QED) is 0.285. The summed E-state index contributed by atoms with van der Waals surface area (Å²) in [5.74, 6) is -3.08. The first-order valence-electron chi connectivity index (χ1n) is 7.20. The summed E-state index contributed by atoms with van der Waals surface area (Å²) in [5, 5.41) is 10.5. The van der Waals surface area contributed by atoms with Crippen molar-refractivity contribution < 1.29 is 13.2 Å².